The summed E-state index contributed by atoms with van der Waals surface area (Å²) in [5, 5.41) is 10.3. The van der Waals surface area contributed by atoms with Crippen molar-refractivity contribution in [3.63, 3.8) is 0 Å². The molecule has 0 radical (unpaired) electrons. The first-order valence-electron chi connectivity index (χ1n) is 7.05. The summed E-state index contributed by atoms with van der Waals surface area (Å²) in [5.74, 6) is 1.23. The third-order valence-corrected chi connectivity index (χ3v) is 5.20. The summed E-state index contributed by atoms with van der Waals surface area (Å²) in [7, 11) is 3.17. The lowest BCUT2D eigenvalue weighted by Gasteiger charge is -2.10. The van der Waals surface area contributed by atoms with E-state index < -0.39 is 0 Å². The average molecular weight is 401 g/mol. The van der Waals surface area contributed by atoms with Gasteiger partial charge < -0.3 is 9.47 Å². The van der Waals surface area contributed by atoms with Crippen LogP contribution >= 0.6 is 27.3 Å². The number of benzene rings is 2. The first kappa shape index (κ1) is 16.5. The number of hydrogen-bond acceptors (Lipinski definition) is 5. The molecule has 0 aliphatic carbocycles. The van der Waals surface area contributed by atoms with Gasteiger partial charge in [0.25, 0.3) is 0 Å². The Morgan fingerprint density at radius 3 is 2.58 bits per heavy atom. The van der Waals surface area contributed by atoms with Crippen molar-refractivity contribution in [3.05, 3.63) is 51.4 Å². The number of thiazole rings is 1. The van der Waals surface area contributed by atoms with Crippen molar-refractivity contribution >= 4 is 49.1 Å². The molecule has 24 heavy (non-hydrogen) atoms. The predicted molar refractivity (Wildman–Crippen MR) is 100 cm³/mol. The number of aromatic nitrogens is 1. The molecule has 3 rings (SSSR count). The maximum atomic E-state index is 9.56. The molecular formula is C18H13BrN2O2S. The molecule has 0 unspecified atom stereocenters. The van der Waals surface area contributed by atoms with E-state index >= 15 is 0 Å². The Morgan fingerprint density at radius 2 is 1.92 bits per heavy atom. The van der Waals surface area contributed by atoms with E-state index in [9.17, 15) is 5.26 Å². The Kier molecular flexibility index (Phi) is 4.84. The standard InChI is InChI=1S/C18H13BrN2O2S/c1-22-15-8-11(13(19)9-16(15)23-2)7-12(10-20)18-21-14-5-3-4-6-17(14)24-18/h3-9H,1-2H3/b12-7+. The molecule has 120 valence electrons. The van der Waals surface area contributed by atoms with Gasteiger partial charge in [0.15, 0.2) is 11.5 Å². The monoisotopic (exact) mass is 400 g/mol. The third-order valence-electron chi connectivity index (χ3n) is 3.45. The summed E-state index contributed by atoms with van der Waals surface area (Å²) in [5.41, 5.74) is 2.22. The fourth-order valence-electron chi connectivity index (χ4n) is 2.27. The Bertz CT molecular complexity index is 940. The van der Waals surface area contributed by atoms with E-state index in [2.05, 4.69) is 27.0 Å². The topological polar surface area (TPSA) is 55.1 Å². The van der Waals surface area contributed by atoms with Crippen molar-refractivity contribution in [2.45, 2.75) is 0 Å². The van der Waals surface area contributed by atoms with Crippen molar-refractivity contribution < 1.29 is 9.47 Å². The fraction of sp³-hybridized carbons (Fsp3) is 0.111. The molecule has 1 aromatic heterocycles. The molecule has 0 spiro atoms. The van der Waals surface area contributed by atoms with Gasteiger partial charge in [0.1, 0.15) is 11.1 Å². The maximum Gasteiger partial charge on any atom is 0.161 e. The van der Waals surface area contributed by atoms with E-state index in [0.717, 1.165) is 20.3 Å². The van der Waals surface area contributed by atoms with Gasteiger partial charge in [0.2, 0.25) is 0 Å². The smallest absolute Gasteiger partial charge is 0.161 e. The summed E-state index contributed by atoms with van der Waals surface area (Å²) in [4.78, 5) is 4.54. The quantitative estimate of drug-likeness (QED) is 0.568. The zero-order valence-electron chi connectivity index (χ0n) is 13.0. The molecule has 0 aliphatic heterocycles. The maximum absolute atomic E-state index is 9.56. The lowest BCUT2D eigenvalue weighted by molar-refractivity contribution is 0.354. The van der Waals surface area contributed by atoms with E-state index in [1.165, 1.54) is 11.3 Å². The second kappa shape index (κ2) is 7.04. The van der Waals surface area contributed by atoms with Crippen molar-refractivity contribution in [1.82, 2.24) is 4.98 Å². The molecule has 6 heteroatoms. The summed E-state index contributed by atoms with van der Waals surface area (Å²) < 4.78 is 12.5. The fourth-order valence-corrected chi connectivity index (χ4v) is 3.63. The van der Waals surface area contributed by atoms with Crippen LogP contribution in [0.1, 0.15) is 10.6 Å². The Hall–Kier alpha value is -2.36. The third kappa shape index (κ3) is 3.14. The van der Waals surface area contributed by atoms with Crippen LogP contribution < -0.4 is 9.47 Å². The highest BCUT2D eigenvalue weighted by molar-refractivity contribution is 9.10. The van der Waals surface area contributed by atoms with Crippen LogP contribution in [0.3, 0.4) is 0 Å². The van der Waals surface area contributed by atoms with Gasteiger partial charge in [-0.3, -0.25) is 0 Å². The van der Waals surface area contributed by atoms with Gasteiger partial charge in [-0.25, -0.2) is 4.98 Å². The number of para-hydroxylation sites is 1. The number of rotatable bonds is 4. The van der Waals surface area contributed by atoms with Gasteiger partial charge in [0.05, 0.1) is 30.0 Å². The van der Waals surface area contributed by atoms with Crippen LogP contribution in [-0.2, 0) is 0 Å². The number of nitrogens with zero attached hydrogens (tertiary/aromatic N) is 2. The molecule has 0 amide bonds. The van der Waals surface area contributed by atoms with Crippen LogP contribution in [0.15, 0.2) is 40.9 Å². The first-order valence-corrected chi connectivity index (χ1v) is 8.66. The van der Waals surface area contributed by atoms with E-state index in [0.29, 0.717) is 22.1 Å². The van der Waals surface area contributed by atoms with E-state index in [1.54, 1.807) is 20.3 Å². The largest absolute Gasteiger partial charge is 0.493 e. The zero-order chi connectivity index (χ0) is 17.1. The minimum atomic E-state index is 0.504. The number of ether oxygens (including phenoxy) is 2. The minimum absolute atomic E-state index is 0.504. The van der Waals surface area contributed by atoms with Crippen LogP contribution in [0.4, 0.5) is 0 Å². The average Bonchev–Trinajstić information content (AvgIpc) is 3.04. The number of nitriles is 1. The Labute approximate surface area is 152 Å². The van der Waals surface area contributed by atoms with E-state index in [-0.39, 0.29) is 0 Å². The minimum Gasteiger partial charge on any atom is -0.493 e. The van der Waals surface area contributed by atoms with Crippen LogP contribution in [0.2, 0.25) is 0 Å². The zero-order valence-corrected chi connectivity index (χ0v) is 15.4. The second-order valence-corrected chi connectivity index (χ2v) is 6.77. The van der Waals surface area contributed by atoms with Crippen molar-refractivity contribution in [3.8, 4) is 17.6 Å². The highest BCUT2D eigenvalue weighted by Gasteiger charge is 2.12. The van der Waals surface area contributed by atoms with Crippen LogP contribution in [-0.4, -0.2) is 19.2 Å². The lowest BCUT2D eigenvalue weighted by Crippen LogP contribution is -1.92. The van der Waals surface area contributed by atoms with Crippen LogP contribution in [0.25, 0.3) is 21.9 Å². The summed E-state index contributed by atoms with van der Waals surface area (Å²) >= 11 is 5.01. The number of fused-ring (bicyclic) bond motifs is 1. The highest BCUT2D eigenvalue weighted by Crippen LogP contribution is 2.36. The van der Waals surface area contributed by atoms with Gasteiger partial charge in [-0.1, -0.05) is 28.1 Å². The molecule has 0 saturated carbocycles. The molecular weight excluding hydrogens is 388 g/mol. The molecule has 0 atom stereocenters. The number of allylic oxidation sites excluding steroid dienone is 1. The molecule has 0 fully saturated rings. The Morgan fingerprint density at radius 1 is 1.21 bits per heavy atom. The number of methoxy groups -OCH3 is 2. The predicted octanol–water partition coefficient (Wildman–Crippen LogP) is 5.14. The summed E-state index contributed by atoms with van der Waals surface area (Å²) in [6.07, 6.45) is 1.80. The SMILES string of the molecule is COc1cc(Br)c(/C=C(\C#N)c2nc3ccccc3s2)cc1OC. The van der Waals surface area contributed by atoms with Crippen molar-refractivity contribution in [2.24, 2.45) is 0 Å². The molecule has 0 bridgehead atoms. The highest BCUT2D eigenvalue weighted by atomic mass is 79.9. The van der Waals surface area contributed by atoms with Gasteiger partial charge >= 0.3 is 0 Å². The van der Waals surface area contributed by atoms with Gasteiger partial charge in [-0.05, 0) is 35.9 Å². The normalized spacial score (nSPS) is 11.3. The number of halogens is 1. The van der Waals surface area contributed by atoms with Gasteiger partial charge in [0, 0.05) is 4.47 Å². The molecule has 3 aromatic rings. The summed E-state index contributed by atoms with van der Waals surface area (Å²) in [6.45, 7) is 0. The molecule has 0 N–H and O–H groups in total. The molecule has 0 saturated heterocycles. The van der Waals surface area contributed by atoms with E-state index in [4.69, 9.17) is 9.47 Å². The van der Waals surface area contributed by atoms with Gasteiger partial charge in [-0.15, -0.1) is 11.3 Å². The molecule has 4 nitrogen and oxygen atoms in total. The molecule has 1 heterocycles. The van der Waals surface area contributed by atoms with Gasteiger partial charge in [-0.2, -0.15) is 5.26 Å². The van der Waals surface area contributed by atoms with E-state index in [1.807, 2.05) is 36.4 Å². The number of hydrogen-bond donors (Lipinski definition) is 0. The second-order valence-electron chi connectivity index (χ2n) is 4.89. The molecule has 2 aromatic carbocycles. The van der Waals surface area contributed by atoms with Crippen molar-refractivity contribution in [2.75, 3.05) is 14.2 Å². The van der Waals surface area contributed by atoms with Crippen molar-refractivity contribution in [1.29, 1.82) is 5.26 Å². The molecule has 0 aliphatic rings. The van der Waals surface area contributed by atoms with Crippen LogP contribution in [0, 0.1) is 11.3 Å². The van der Waals surface area contributed by atoms with Crippen LogP contribution in [0.5, 0.6) is 11.5 Å². The summed E-state index contributed by atoms with van der Waals surface area (Å²) in [6, 6.07) is 13.7. The lowest BCUT2D eigenvalue weighted by atomic mass is 10.1. The first-order chi connectivity index (χ1) is 11.7. The Balaban J connectivity index is 2.09.